The molecule has 0 radical (unpaired) electrons. The molecular formula is C19H27N. The van der Waals surface area contributed by atoms with E-state index in [9.17, 15) is 0 Å². The van der Waals surface area contributed by atoms with Gasteiger partial charge >= 0.3 is 0 Å². The molecule has 2 bridgehead atoms. The first-order chi connectivity index (χ1) is 9.54. The number of rotatable bonds is 4. The van der Waals surface area contributed by atoms with Crippen LogP contribution < -0.4 is 5.32 Å². The van der Waals surface area contributed by atoms with Crippen LogP contribution in [0.25, 0.3) is 0 Å². The van der Waals surface area contributed by atoms with E-state index in [0.29, 0.717) is 10.8 Å². The fourth-order valence-electron chi connectivity index (χ4n) is 4.21. The molecule has 20 heavy (non-hydrogen) atoms. The lowest BCUT2D eigenvalue weighted by Gasteiger charge is -2.54. The first-order valence-corrected chi connectivity index (χ1v) is 8.00. The Kier molecular flexibility index (Phi) is 3.40. The monoisotopic (exact) mass is 269 g/mol. The second kappa shape index (κ2) is 4.95. The molecule has 3 aliphatic carbocycles. The van der Waals surface area contributed by atoms with Crippen molar-refractivity contribution in [1.82, 2.24) is 0 Å². The van der Waals surface area contributed by atoms with Crippen LogP contribution in [0, 0.1) is 17.8 Å². The number of allylic oxidation sites excluding steroid dienone is 1. The van der Waals surface area contributed by atoms with Crippen LogP contribution in [-0.4, -0.2) is 6.54 Å². The van der Waals surface area contributed by atoms with Crippen LogP contribution in [-0.2, 0) is 0 Å². The number of fused-ring (bicyclic) bond motifs is 3. The van der Waals surface area contributed by atoms with Crippen LogP contribution in [0.3, 0.4) is 0 Å². The summed E-state index contributed by atoms with van der Waals surface area (Å²) in [7, 11) is 0. The average Bonchev–Trinajstić information content (AvgIpc) is 2.47. The highest BCUT2D eigenvalue weighted by Crippen LogP contribution is 2.59. The van der Waals surface area contributed by atoms with Crippen molar-refractivity contribution in [2.75, 3.05) is 11.9 Å². The number of hydrogen-bond donors (Lipinski definition) is 1. The molecule has 3 aliphatic rings. The van der Waals surface area contributed by atoms with Crippen molar-refractivity contribution in [3.8, 4) is 0 Å². The minimum atomic E-state index is 0.491. The summed E-state index contributed by atoms with van der Waals surface area (Å²) in [6.07, 6.45) is 8.20. The van der Waals surface area contributed by atoms with E-state index in [1.54, 1.807) is 0 Å². The van der Waals surface area contributed by atoms with Crippen molar-refractivity contribution < 1.29 is 0 Å². The maximum atomic E-state index is 4.26. The van der Waals surface area contributed by atoms with E-state index in [4.69, 9.17) is 0 Å². The molecule has 0 saturated heterocycles. The van der Waals surface area contributed by atoms with Gasteiger partial charge in [0.1, 0.15) is 0 Å². The van der Waals surface area contributed by atoms with E-state index in [0.717, 1.165) is 6.54 Å². The third-order valence-corrected chi connectivity index (χ3v) is 5.99. The lowest BCUT2D eigenvalue weighted by Crippen LogP contribution is -2.45. The summed E-state index contributed by atoms with van der Waals surface area (Å²) in [4.78, 5) is 0. The number of benzene rings is 1. The Hall–Kier alpha value is -1.24. The fraction of sp³-hybridized carbons (Fsp3) is 0.579. The molecule has 1 aromatic rings. The van der Waals surface area contributed by atoms with Crippen LogP contribution in [0.2, 0.25) is 0 Å². The molecule has 0 amide bonds. The summed E-state index contributed by atoms with van der Waals surface area (Å²) in [5, 5.41) is 3.69. The van der Waals surface area contributed by atoms with Gasteiger partial charge in [0, 0.05) is 12.2 Å². The van der Waals surface area contributed by atoms with Gasteiger partial charge in [-0.05, 0) is 80.9 Å². The number of aryl methyl sites for hydroxylation is 1. The Morgan fingerprint density at radius 3 is 2.35 bits per heavy atom. The van der Waals surface area contributed by atoms with Gasteiger partial charge in [-0.15, -0.1) is 0 Å². The highest BCUT2D eigenvalue weighted by atomic mass is 14.9. The van der Waals surface area contributed by atoms with E-state index < -0.39 is 0 Å². The second-order valence-electron chi connectivity index (χ2n) is 7.28. The Balaban J connectivity index is 1.64. The van der Waals surface area contributed by atoms with E-state index >= 15 is 0 Å². The van der Waals surface area contributed by atoms with Gasteiger partial charge in [-0.1, -0.05) is 24.3 Å². The molecule has 1 N–H and O–H groups in total. The van der Waals surface area contributed by atoms with E-state index in [-0.39, 0.29) is 0 Å². The molecule has 0 aliphatic heterocycles. The summed E-state index contributed by atoms with van der Waals surface area (Å²) in [6, 6.07) is 8.74. The minimum Gasteiger partial charge on any atom is -0.384 e. The van der Waals surface area contributed by atoms with Crippen molar-refractivity contribution in [3.05, 3.63) is 42.0 Å². The van der Waals surface area contributed by atoms with Gasteiger partial charge < -0.3 is 5.32 Å². The maximum absolute atomic E-state index is 4.26. The van der Waals surface area contributed by atoms with Crippen molar-refractivity contribution >= 4 is 5.69 Å². The van der Waals surface area contributed by atoms with E-state index in [1.807, 2.05) is 0 Å². The highest BCUT2D eigenvalue weighted by Gasteiger charge is 2.48. The SMILES string of the molecule is C=C(C)C12CCC(CNc3cccc(C)c3)(CC1)CC2. The molecule has 0 atom stereocenters. The van der Waals surface area contributed by atoms with Crippen LogP contribution in [0.1, 0.15) is 51.0 Å². The second-order valence-corrected chi connectivity index (χ2v) is 7.28. The Morgan fingerprint density at radius 1 is 1.15 bits per heavy atom. The van der Waals surface area contributed by atoms with Crippen molar-refractivity contribution in [1.29, 1.82) is 0 Å². The van der Waals surface area contributed by atoms with Gasteiger partial charge in [0.05, 0.1) is 0 Å². The summed E-state index contributed by atoms with van der Waals surface area (Å²) < 4.78 is 0. The van der Waals surface area contributed by atoms with Crippen molar-refractivity contribution in [2.24, 2.45) is 10.8 Å². The standard InChI is InChI=1S/C19H27N/c1-15(2)19-10-7-18(8-11-19,9-12-19)14-20-17-6-4-5-16(3)13-17/h4-6,13,20H,1,7-12,14H2,2-3H3. The third kappa shape index (κ3) is 2.39. The zero-order valence-corrected chi connectivity index (χ0v) is 13.0. The van der Waals surface area contributed by atoms with Crippen molar-refractivity contribution in [2.45, 2.75) is 52.4 Å². The molecule has 1 nitrogen and oxygen atoms in total. The third-order valence-electron chi connectivity index (χ3n) is 5.99. The number of anilines is 1. The molecule has 1 aromatic carbocycles. The number of hydrogen-bond acceptors (Lipinski definition) is 1. The molecule has 0 aromatic heterocycles. The van der Waals surface area contributed by atoms with E-state index in [1.165, 1.54) is 55.3 Å². The Morgan fingerprint density at radius 2 is 1.80 bits per heavy atom. The summed E-state index contributed by atoms with van der Waals surface area (Å²) in [6.45, 7) is 9.80. The largest absolute Gasteiger partial charge is 0.384 e. The van der Waals surface area contributed by atoms with Crippen molar-refractivity contribution in [3.63, 3.8) is 0 Å². The molecule has 4 rings (SSSR count). The topological polar surface area (TPSA) is 12.0 Å². The zero-order chi connectivity index (χ0) is 14.2. The van der Waals surface area contributed by atoms with Gasteiger partial charge in [0.15, 0.2) is 0 Å². The molecular weight excluding hydrogens is 242 g/mol. The summed E-state index contributed by atoms with van der Waals surface area (Å²) in [5.74, 6) is 0. The van der Waals surface area contributed by atoms with Gasteiger partial charge in [0.25, 0.3) is 0 Å². The van der Waals surface area contributed by atoms with Gasteiger partial charge in [-0.25, -0.2) is 0 Å². The molecule has 0 spiro atoms. The number of nitrogens with one attached hydrogen (secondary N) is 1. The molecule has 108 valence electrons. The Bertz CT molecular complexity index is 490. The lowest BCUT2D eigenvalue weighted by molar-refractivity contribution is 0.0244. The van der Waals surface area contributed by atoms with Gasteiger partial charge in [0.2, 0.25) is 0 Å². The predicted octanol–water partition coefficient (Wildman–Crippen LogP) is 5.32. The smallest absolute Gasteiger partial charge is 0.0342 e. The quantitative estimate of drug-likeness (QED) is 0.729. The van der Waals surface area contributed by atoms with Gasteiger partial charge in [-0.3, -0.25) is 0 Å². The fourth-order valence-corrected chi connectivity index (χ4v) is 4.21. The molecule has 3 saturated carbocycles. The van der Waals surface area contributed by atoms with Crippen LogP contribution in [0.15, 0.2) is 36.4 Å². The molecule has 0 unspecified atom stereocenters. The zero-order valence-electron chi connectivity index (χ0n) is 13.0. The normalized spacial score (nSPS) is 32.1. The van der Waals surface area contributed by atoms with Crippen LogP contribution in [0.4, 0.5) is 5.69 Å². The van der Waals surface area contributed by atoms with Crippen LogP contribution in [0.5, 0.6) is 0 Å². The van der Waals surface area contributed by atoms with E-state index in [2.05, 4.69) is 50.0 Å². The minimum absolute atomic E-state index is 0.491. The molecule has 1 heteroatoms. The van der Waals surface area contributed by atoms with Gasteiger partial charge in [-0.2, -0.15) is 0 Å². The predicted molar refractivity (Wildman–Crippen MR) is 87.1 cm³/mol. The summed E-state index contributed by atoms with van der Waals surface area (Å²) >= 11 is 0. The lowest BCUT2D eigenvalue weighted by atomic mass is 9.52. The first-order valence-electron chi connectivity index (χ1n) is 8.00. The van der Waals surface area contributed by atoms with Crippen LogP contribution >= 0.6 is 0 Å². The molecule has 0 heterocycles. The highest BCUT2D eigenvalue weighted by molar-refractivity contribution is 5.45. The first kappa shape index (κ1) is 13.7. The maximum Gasteiger partial charge on any atom is 0.0342 e. The molecule has 3 fully saturated rings. The summed E-state index contributed by atoms with van der Waals surface area (Å²) in [5.41, 5.74) is 5.08. The average molecular weight is 269 g/mol. The Labute approximate surface area is 123 Å².